The molecule has 1 nitrogen and oxygen atoms in total. The van der Waals surface area contributed by atoms with Crippen molar-refractivity contribution < 1.29 is 17.6 Å². The van der Waals surface area contributed by atoms with Crippen molar-refractivity contribution >= 4 is 0 Å². The molecule has 0 aromatic heterocycles. The van der Waals surface area contributed by atoms with Crippen LogP contribution in [-0.2, 0) is 12.7 Å². The van der Waals surface area contributed by atoms with Gasteiger partial charge in [-0.05, 0) is 28.8 Å². The van der Waals surface area contributed by atoms with Crippen LogP contribution in [0.1, 0.15) is 28.2 Å². The highest BCUT2D eigenvalue weighted by atomic mass is 19.4. The molecule has 1 unspecified atom stereocenters. The minimum Gasteiger partial charge on any atom is -0.312 e. The second-order valence-electron chi connectivity index (χ2n) is 5.12. The third kappa shape index (κ3) is 2.65. The highest BCUT2D eigenvalue weighted by molar-refractivity contribution is 5.41. The van der Waals surface area contributed by atoms with Crippen LogP contribution in [-0.4, -0.2) is 6.54 Å². The first kappa shape index (κ1) is 14.1. The van der Waals surface area contributed by atoms with Crippen molar-refractivity contribution in [3.05, 3.63) is 70.5 Å². The summed E-state index contributed by atoms with van der Waals surface area (Å²) in [6.07, 6.45) is -4.66. The zero-order valence-corrected chi connectivity index (χ0v) is 11.0. The number of benzene rings is 2. The van der Waals surface area contributed by atoms with Gasteiger partial charge in [0.15, 0.2) is 0 Å². The van der Waals surface area contributed by atoms with Gasteiger partial charge in [0.1, 0.15) is 5.82 Å². The number of hydrogen-bond acceptors (Lipinski definition) is 1. The second kappa shape index (κ2) is 5.15. The van der Waals surface area contributed by atoms with Gasteiger partial charge in [0.25, 0.3) is 0 Å². The van der Waals surface area contributed by atoms with Crippen molar-refractivity contribution in [3.63, 3.8) is 0 Å². The number of alkyl halides is 3. The monoisotopic (exact) mass is 295 g/mol. The molecule has 0 bridgehead atoms. The van der Waals surface area contributed by atoms with E-state index in [9.17, 15) is 17.6 Å². The molecule has 3 rings (SSSR count). The molecule has 0 saturated heterocycles. The average molecular weight is 295 g/mol. The molecule has 0 spiro atoms. The van der Waals surface area contributed by atoms with Gasteiger partial charge in [0.2, 0.25) is 0 Å². The second-order valence-corrected chi connectivity index (χ2v) is 5.12. The number of halogens is 4. The lowest BCUT2D eigenvalue weighted by Crippen LogP contribution is -2.28. The van der Waals surface area contributed by atoms with Crippen LogP contribution >= 0.6 is 0 Å². The average Bonchev–Trinajstić information content (AvgIpc) is 2.45. The molecule has 1 atom stereocenters. The van der Waals surface area contributed by atoms with Gasteiger partial charge in [0.05, 0.1) is 5.56 Å². The lowest BCUT2D eigenvalue weighted by molar-refractivity contribution is -0.140. The summed E-state index contributed by atoms with van der Waals surface area (Å²) < 4.78 is 51.6. The largest absolute Gasteiger partial charge is 0.419 e. The van der Waals surface area contributed by atoms with Crippen LogP contribution < -0.4 is 5.32 Å². The summed E-state index contributed by atoms with van der Waals surface area (Å²) in [5.74, 6) is -1.35. The molecule has 21 heavy (non-hydrogen) atoms. The molecule has 5 heteroatoms. The fourth-order valence-electron chi connectivity index (χ4n) is 2.77. The maximum atomic E-state index is 13.7. The zero-order chi connectivity index (χ0) is 15.0. The first-order chi connectivity index (χ1) is 9.97. The van der Waals surface area contributed by atoms with Gasteiger partial charge in [-0.1, -0.05) is 30.3 Å². The van der Waals surface area contributed by atoms with Gasteiger partial charge in [-0.3, -0.25) is 0 Å². The molecular weight excluding hydrogens is 282 g/mol. The standard InChI is InChI=1S/C16H13F4N/c17-15-7-10(5-6-14(15)16(18,19)20)13-9-21-8-11-3-1-2-4-12(11)13/h1-7,13,21H,8-9H2. The van der Waals surface area contributed by atoms with Gasteiger partial charge in [-0.2, -0.15) is 13.2 Å². The van der Waals surface area contributed by atoms with Crippen molar-refractivity contribution in [1.29, 1.82) is 0 Å². The molecule has 0 radical (unpaired) electrons. The Kier molecular flexibility index (Phi) is 3.45. The van der Waals surface area contributed by atoms with Crippen LogP contribution in [0.15, 0.2) is 42.5 Å². The Balaban J connectivity index is 2.01. The predicted octanol–water partition coefficient (Wildman–Crippen LogP) is 4.08. The minimum absolute atomic E-state index is 0.133. The number of hydrogen-bond donors (Lipinski definition) is 1. The van der Waals surface area contributed by atoms with Crippen LogP contribution in [0.4, 0.5) is 17.6 Å². The molecule has 1 heterocycles. The summed E-state index contributed by atoms with van der Waals surface area (Å²) in [5.41, 5.74) is 1.47. The number of rotatable bonds is 1. The molecule has 0 saturated carbocycles. The first-order valence-corrected chi connectivity index (χ1v) is 6.62. The van der Waals surface area contributed by atoms with Crippen LogP contribution in [0, 0.1) is 5.82 Å². The Morgan fingerprint density at radius 2 is 1.81 bits per heavy atom. The van der Waals surface area contributed by atoms with E-state index in [2.05, 4.69) is 5.32 Å². The summed E-state index contributed by atoms with van der Waals surface area (Å²) in [6.45, 7) is 1.30. The summed E-state index contributed by atoms with van der Waals surface area (Å²) in [7, 11) is 0. The Morgan fingerprint density at radius 3 is 2.52 bits per heavy atom. The van der Waals surface area contributed by atoms with Gasteiger partial charge in [0, 0.05) is 19.0 Å². The number of nitrogens with one attached hydrogen (secondary N) is 1. The van der Waals surface area contributed by atoms with Crippen molar-refractivity contribution in [2.75, 3.05) is 6.54 Å². The molecular formula is C16H13F4N. The van der Waals surface area contributed by atoms with Crippen LogP contribution in [0.2, 0.25) is 0 Å². The molecule has 1 N–H and O–H groups in total. The Labute approximate surface area is 119 Å². The van der Waals surface area contributed by atoms with Gasteiger partial charge < -0.3 is 5.32 Å². The third-order valence-corrected chi connectivity index (χ3v) is 3.80. The van der Waals surface area contributed by atoms with Crippen LogP contribution in [0.5, 0.6) is 0 Å². The van der Waals surface area contributed by atoms with Crippen LogP contribution in [0.25, 0.3) is 0 Å². The molecule has 1 aliphatic heterocycles. The molecule has 0 amide bonds. The highest BCUT2D eigenvalue weighted by Gasteiger charge is 2.34. The van der Waals surface area contributed by atoms with Crippen molar-refractivity contribution in [2.45, 2.75) is 18.6 Å². The maximum absolute atomic E-state index is 13.7. The Morgan fingerprint density at radius 1 is 1.05 bits per heavy atom. The SMILES string of the molecule is Fc1cc(C2CNCc3ccccc32)ccc1C(F)(F)F. The van der Waals surface area contributed by atoms with E-state index in [0.29, 0.717) is 12.1 Å². The Hall–Kier alpha value is -1.88. The molecule has 110 valence electrons. The quantitative estimate of drug-likeness (QED) is 0.782. The zero-order valence-electron chi connectivity index (χ0n) is 11.0. The normalized spacial score (nSPS) is 18.4. The van der Waals surface area contributed by atoms with E-state index in [-0.39, 0.29) is 5.92 Å². The lowest BCUT2D eigenvalue weighted by Gasteiger charge is -2.27. The molecule has 0 fully saturated rings. The van der Waals surface area contributed by atoms with E-state index in [0.717, 1.165) is 29.8 Å². The number of fused-ring (bicyclic) bond motifs is 1. The van der Waals surface area contributed by atoms with E-state index in [1.165, 1.54) is 6.07 Å². The van der Waals surface area contributed by atoms with E-state index in [1.54, 1.807) is 0 Å². The predicted molar refractivity (Wildman–Crippen MR) is 71.4 cm³/mol. The highest BCUT2D eigenvalue weighted by Crippen LogP contribution is 2.35. The summed E-state index contributed by atoms with van der Waals surface area (Å²) in [5, 5.41) is 3.21. The van der Waals surface area contributed by atoms with Crippen LogP contribution in [0.3, 0.4) is 0 Å². The van der Waals surface area contributed by atoms with E-state index in [1.807, 2.05) is 24.3 Å². The van der Waals surface area contributed by atoms with Gasteiger partial charge >= 0.3 is 6.18 Å². The molecule has 1 aliphatic rings. The summed E-state index contributed by atoms with van der Waals surface area (Å²) in [6, 6.07) is 10.9. The third-order valence-electron chi connectivity index (χ3n) is 3.80. The first-order valence-electron chi connectivity index (χ1n) is 6.62. The summed E-state index contributed by atoms with van der Waals surface area (Å²) in [4.78, 5) is 0. The van der Waals surface area contributed by atoms with Crippen molar-refractivity contribution in [3.8, 4) is 0 Å². The minimum atomic E-state index is -4.66. The van der Waals surface area contributed by atoms with Crippen molar-refractivity contribution in [1.82, 2.24) is 5.32 Å². The summed E-state index contributed by atoms with van der Waals surface area (Å²) >= 11 is 0. The van der Waals surface area contributed by atoms with E-state index >= 15 is 0 Å². The van der Waals surface area contributed by atoms with Crippen molar-refractivity contribution in [2.24, 2.45) is 0 Å². The Bertz CT molecular complexity index is 664. The fraction of sp³-hybridized carbons (Fsp3) is 0.250. The molecule has 2 aromatic carbocycles. The van der Waals surface area contributed by atoms with Gasteiger partial charge in [-0.25, -0.2) is 4.39 Å². The maximum Gasteiger partial charge on any atom is 0.419 e. The molecule has 2 aromatic rings. The van der Waals surface area contributed by atoms with E-state index < -0.39 is 17.6 Å². The lowest BCUT2D eigenvalue weighted by atomic mass is 9.85. The van der Waals surface area contributed by atoms with E-state index in [4.69, 9.17) is 0 Å². The topological polar surface area (TPSA) is 12.0 Å². The smallest absolute Gasteiger partial charge is 0.312 e. The fourth-order valence-corrected chi connectivity index (χ4v) is 2.77. The van der Waals surface area contributed by atoms with Gasteiger partial charge in [-0.15, -0.1) is 0 Å². The molecule has 0 aliphatic carbocycles.